The van der Waals surface area contributed by atoms with E-state index < -0.39 is 42.1 Å². The van der Waals surface area contributed by atoms with E-state index in [2.05, 4.69) is 6.08 Å². The van der Waals surface area contributed by atoms with Gasteiger partial charge in [0.25, 0.3) is 0 Å². The molecule has 41 heavy (non-hydrogen) atoms. The van der Waals surface area contributed by atoms with E-state index in [1.165, 1.54) is 0 Å². The summed E-state index contributed by atoms with van der Waals surface area (Å²) in [5.41, 5.74) is 2.65. The maximum Gasteiger partial charge on any atom is 0.311 e. The van der Waals surface area contributed by atoms with Crippen LogP contribution in [-0.4, -0.2) is 57.3 Å². The second kappa shape index (κ2) is 16.0. The third kappa shape index (κ3) is 10.6. The average molecular weight is 575 g/mol. The number of aliphatic hydroxyl groups is 3. The molecule has 0 spiro atoms. The summed E-state index contributed by atoms with van der Waals surface area (Å²) in [6.45, 7) is 15.3. The molecule has 2 rings (SSSR count). The van der Waals surface area contributed by atoms with Crippen molar-refractivity contribution in [3.8, 4) is 0 Å². The molecular weight excluding hydrogens is 520 g/mol. The Kier molecular flexibility index (Phi) is 13.7. The molecule has 0 aromatic heterocycles. The van der Waals surface area contributed by atoms with Gasteiger partial charge in [0.1, 0.15) is 12.2 Å². The van der Waals surface area contributed by atoms with Crippen molar-refractivity contribution in [2.45, 2.75) is 131 Å². The van der Waals surface area contributed by atoms with Crippen molar-refractivity contribution >= 4 is 11.8 Å². The fraction of sp³-hybridized carbons (Fsp3) is 0.706. The molecule has 0 amide bonds. The molecule has 0 aromatic carbocycles. The minimum atomic E-state index is -1.70. The average Bonchev–Trinajstić information content (AvgIpc) is 2.91. The molecule has 0 aromatic rings. The van der Waals surface area contributed by atoms with Crippen LogP contribution in [0.4, 0.5) is 0 Å². The van der Waals surface area contributed by atoms with E-state index >= 15 is 0 Å². The van der Waals surface area contributed by atoms with Crippen LogP contribution < -0.4 is 0 Å². The van der Waals surface area contributed by atoms with Gasteiger partial charge in [0.2, 0.25) is 0 Å². The molecule has 2 aliphatic rings. The fourth-order valence-electron chi connectivity index (χ4n) is 6.05. The van der Waals surface area contributed by atoms with Crippen LogP contribution in [-0.2, 0) is 19.1 Å². The second-order valence-electron chi connectivity index (χ2n) is 12.6. The Hall–Kier alpha value is -2.06. The van der Waals surface area contributed by atoms with Crippen LogP contribution in [0.15, 0.2) is 47.1 Å². The van der Waals surface area contributed by atoms with E-state index in [0.717, 1.165) is 29.6 Å². The van der Waals surface area contributed by atoms with Gasteiger partial charge in [-0.15, -0.1) is 0 Å². The normalized spacial score (nSPS) is 36.5. The van der Waals surface area contributed by atoms with Gasteiger partial charge < -0.3 is 24.8 Å². The van der Waals surface area contributed by atoms with Crippen LogP contribution in [0.3, 0.4) is 0 Å². The van der Waals surface area contributed by atoms with Gasteiger partial charge in [-0.05, 0) is 75.0 Å². The molecule has 2 aliphatic heterocycles. The lowest BCUT2D eigenvalue weighted by atomic mass is 9.80. The van der Waals surface area contributed by atoms with Crippen LogP contribution in [0, 0.1) is 23.7 Å². The Labute approximate surface area is 247 Å². The van der Waals surface area contributed by atoms with Crippen molar-refractivity contribution in [1.82, 2.24) is 0 Å². The molecule has 0 saturated heterocycles. The second-order valence-corrected chi connectivity index (χ2v) is 12.6. The molecule has 9 atom stereocenters. The van der Waals surface area contributed by atoms with Crippen LogP contribution in [0.1, 0.15) is 100 Å². The number of hydrogen-bond acceptors (Lipinski definition) is 7. The van der Waals surface area contributed by atoms with Gasteiger partial charge >= 0.3 is 5.97 Å². The van der Waals surface area contributed by atoms with Gasteiger partial charge in [-0.2, -0.15) is 0 Å². The third-order valence-electron chi connectivity index (χ3n) is 8.60. The molecule has 3 N–H and O–H groups in total. The van der Waals surface area contributed by atoms with E-state index in [9.17, 15) is 24.9 Å². The third-order valence-corrected chi connectivity index (χ3v) is 8.60. The Morgan fingerprint density at radius 1 is 1.15 bits per heavy atom. The lowest BCUT2D eigenvalue weighted by Crippen LogP contribution is -2.45. The highest BCUT2D eigenvalue weighted by molar-refractivity contribution is 5.94. The van der Waals surface area contributed by atoms with Crippen molar-refractivity contribution in [2.75, 3.05) is 0 Å². The summed E-state index contributed by atoms with van der Waals surface area (Å²) in [7, 11) is 0. The number of carbonyl (C=O) groups is 2. The highest BCUT2D eigenvalue weighted by Gasteiger charge is 2.40. The van der Waals surface area contributed by atoms with Crippen molar-refractivity contribution < 1.29 is 34.4 Å². The maximum atomic E-state index is 13.3. The zero-order valence-corrected chi connectivity index (χ0v) is 26.4. The quantitative estimate of drug-likeness (QED) is 0.203. The molecule has 0 saturated carbocycles. The molecule has 232 valence electrons. The molecule has 2 bridgehead atoms. The standard InChI is InChI=1S/C34H54O7/c1-9-29(36)25(6)18-21(2)19-26(7)33-27(8)31(38)22(3)14-15-28(35)13-11-10-12-23(4)32-24(5)16-17-34(39,41-32)20-30(37)40-33/h12,14-16,18,21-22,26-28,31-33,35,38-39H,9-11,13,17,19-20H2,1-8H3/b15-14-,23-12-,25-18+/t21-,22-,26+,27-,28+,31+,32-,33-,34-/m1/s1. The molecule has 2 heterocycles. The summed E-state index contributed by atoms with van der Waals surface area (Å²) < 4.78 is 12.2. The number of allylic oxidation sites excluding steroid dienone is 3. The van der Waals surface area contributed by atoms with E-state index in [1.54, 1.807) is 6.08 Å². The first-order valence-electron chi connectivity index (χ1n) is 15.4. The molecule has 0 aliphatic carbocycles. The first-order chi connectivity index (χ1) is 19.2. The number of aliphatic hydroxyl groups excluding tert-OH is 2. The molecule has 0 unspecified atom stereocenters. The minimum Gasteiger partial charge on any atom is -0.462 e. The van der Waals surface area contributed by atoms with Crippen molar-refractivity contribution in [2.24, 2.45) is 23.7 Å². The van der Waals surface area contributed by atoms with Crippen molar-refractivity contribution in [1.29, 1.82) is 0 Å². The van der Waals surface area contributed by atoms with Gasteiger partial charge in [0.15, 0.2) is 11.6 Å². The molecule has 7 heteroatoms. The largest absolute Gasteiger partial charge is 0.462 e. The Bertz CT molecular complexity index is 1010. The zero-order chi connectivity index (χ0) is 30.9. The van der Waals surface area contributed by atoms with Crippen LogP contribution in [0.5, 0.6) is 0 Å². The zero-order valence-electron chi connectivity index (χ0n) is 26.4. The number of esters is 1. The van der Waals surface area contributed by atoms with E-state index in [0.29, 0.717) is 19.3 Å². The molecular formula is C34H54O7. The lowest BCUT2D eigenvalue weighted by molar-refractivity contribution is -0.230. The van der Waals surface area contributed by atoms with Crippen LogP contribution in [0.25, 0.3) is 0 Å². The summed E-state index contributed by atoms with van der Waals surface area (Å²) >= 11 is 0. The summed E-state index contributed by atoms with van der Waals surface area (Å²) in [5.74, 6) is -2.98. The van der Waals surface area contributed by atoms with Gasteiger partial charge in [-0.3, -0.25) is 9.59 Å². The number of rotatable bonds is 6. The molecule has 0 fully saturated rings. The number of carbonyl (C=O) groups excluding carboxylic acids is 2. The maximum absolute atomic E-state index is 13.3. The van der Waals surface area contributed by atoms with E-state index in [4.69, 9.17) is 9.47 Å². The first kappa shape index (κ1) is 35.1. The summed E-state index contributed by atoms with van der Waals surface area (Å²) in [6.07, 6.45) is 10.0. The van der Waals surface area contributed by atoms with Crippen LogP contribution >= 0.6 is 0 Å². The topological polar surface area (TPSA) is 113 Å². The van der Waals surface area contributed by atoms with Crippen molar-refractivity contribution in [3.63, 3.8) is 0 Å². The van der Waals surface area contributed by atoms with Gasteiger partial charge in [-0.25, -0.2) is 0 Å². The number of ketones is 1. The number of Topliss-reactive ketones (excluding diaryl/α,β-unsaturated/α-hetero) is 1. The highest BCUT2D eigenvalue weighted by atomic mass is 16.6. The first-order valence-corrected chi connectivity index (χ1v) is 15.4. The summed E-state index contributed by atoms with van der Waals surface area (Å²) in [5, 5.41) is 33.1. The number of fused-ring (bicyclic) bond motifs is 2. The minimum absolute atomic E-state index is 0.0542. The van der Waals surface area contributed by atoms with Crippen molar-refractivity contribution in [3.05, 3.63) is 47.1 Å². The Balaban J connectivity index is 2.38. The predicted molar refractivity (Wildman–Crippen MR) is 162 cm³/mol. The molecule has 7 nitrogen and oxygen atoms in total. The summed E-state index contributed by atoms with van der Waals surface area (Å²) in [4.78, 5) is 25.5. The van der Waals surface area contributed by atoms with E-state index in [1.807, 2.05) is 73.6 Å². The monoisotopic (exact) mass is 574 g/mol. The van der Waals surface area contributed by atoms with Gasteiger partial charge in [-0.1, -0.05) is 65.0 Å². The van der Waals surface area contributed by atoms with Crippen LogP contribution in [0.2, 0.25) is 0 Å². The van der Waals surface area contributed by atoms with Gasteiger partial charge in [0, 0.05) is 24.7 Å². The fourth-order valence-corrected chi connectivity index (χ4v) is 6.05. The smallest absolute Gasteiger partial charge is 0.311 e. The summed E-state index contributed by atoms with van der Waals surface area (Å²) in [6, 6.07) is 0. The Morgan fingerprint density at radius 2 is 1.80 bits per heavy atom. The van der Waals surface area contributed by atoms with E-state index in [-0.39, 0.29) is 36.4 Å². The predicted octanol–water partition coefficient (Wildman–Crippen LogP) is 5.98. The Morgan fingerprint density at radius 3 is 2.46 bits per heavy atom. The highest BCUT2D eigenvalue weighted by Crippen LogP contribution is 2.35. The number of ether oxygens (including phenoxy) is 2. The van der Waals surface area contributed by atoms with Gasteiger partial charge in [0.05, 0.1) is 18.6 Å². The molecule has 0 radical (unpaired) electrons. The lowest BCUT2D eigenvalue weighted by Gasteiger charge is -2.38. The number of cyclic esters (lactones) is 1. The number of hydrogen-bond donors (Lipinski definition) is 3. The SMILES string of the molecule is CCC(=O)/C(C)=C/[C@@H](C)C[C@H](C)[C@H]1OC(=O)C[C@@]2(O)CC=C(C)[C@H](O2)/C(C)=C\CCC[C@H](O)/C=C\[C@@H](C)[C@H](O)[C@H]1C.